The highest BCUT2D eigenvalue weighted by Crippen LogP contribution is 2.55. The summed E-state index contributed by atoms with van der Waals surface area (Å²) in [7, 11) is 0. The fourth-order valence-corrected chi connectivity index (χ4v) is 4.62. The Balaban J connectivity index is 1.72. The second-order valence-corrected chi connectivity index (χ2v) is 8.27. The molecule has 0 unspecified atom stereocenters. The van der Waals surface area contributed by atoms with Crippen molar-refractivity contribution in [1.29, 1.82) is 0 Å². The van der Waals surface area contributed by atoms with Crippen molar-refractivity contribution in [3.63, 3.8) is 0 Å². The Bertz CT molecular complexity index is 876. The third-order valence-corrected chi connectivity index (χ3v) is 6.51. The minimum Gasteiger partial charge on any atom is -0.396 e. The van der Waals surface area contributed by atoms with Crippen LogP contribution >= 0.6 is 11.6 Å². The van der Waals surface area contributed by atoms with Gasteiger partial charge in [-0.1, -0.05) is 35.9 Å². The van der Waals surface area contributed by atoms with Gasteiger partial charge in [0.15, 0.2) is 0 Å². The van der Waals surface area contributed by atoms with Crippen LogP contribution in [0.25, 0.3) is 0 Å². The predicted octanol–water partition coefficient (Wildman–Crippen LogP) is 1.76. The fraction of sp³-hybridized carbons (Fsp3) is 0.429. The Hall–Kier alpha value is -1.54. The summed E-state index contributed by atoms with van der Waals surface area (Å²) in [6.45, 7) is -0.343. The molecular weight excluding hydrogens is 387 g/mol. The molecule has 0 aromatic heterocycles. The molecule has 1 saturated carbocycles. The largest absolute Gasteiger partial charge is 0.396 e. The molecule has 5 nitrogen and oxygen atoms in total. The molecule has 2 aromatic rings. The number of aliphatic hydroxyl groups is 4. The van der Waals surface area contributed by atoms with Crippen LogP contribution in [0.1, 0.15) is 23.1 Å². The van der Waals surface area contributed by atoms with E-state index in [2.05, 4.69) is 0 Å². The molecule has 4 N–H and O–H groups in total. The van der Waals surface area contributed by atoms with Crippen LogP contribution in [0, 0.1) is 11.2 Å². The van der Waals surface area contributed by atoms with E-state index in [9.17, 15) is 24.8 Å². The average Bonchev–Trinajstić information content (AvgIpc) is 3.08. The predicted molar refractivity (Wildman–Crippen MR) is 100 cm³/mol. The summed E-state index contributed by atoms with van der Waals surface area (Å²) in [6.07, 6.45) is -3.46. The molecule has 0 amide bonds. The van der Waals surface area contributed by atoms with Crippen molar-refractivity contribution in [3.8, 4) is 0 Å². The molecule has 2 fully saturated rings. The minimum atomic E-state index is -1.44. The zero-order valence-corrected chi connectivity index (χ0v) is 15.8. The molecule has 1 heterocycles. The molecule has 2 aliphatic rings. The number of halogens is 2. The Kier molecular flexibility index (Phi) is 4.98. The van der Waals surface area contributed by atoms with Gasteiger partial charge in [0.05, 0.1) is 19.3 Å². The Morgan fingerprint density at radius 3 is 2.46 bits per heavy atom. The monoisotopic (exact) mass is 408 g/mol. The highest BCUT2D eigenvalue weighted by atomic mass is 35.5. The van der Waals surface area contributed by atoms with Gasteiger partial charge in [-0.2, -0.15) is 0 Å². The smallest absolute Gasteiger partial charge is 0.123 e. The van der Waals surface area contributed by atoms with Crippen LogP contribution in [0.15, 0.2) is 42.5 Å². The van der Waals surface area contributed by atoms with E-state index in [1.807, 2.05) is 0 Å². The van der Waals surface area contributed by atoms with Gasteiger partial charge in [0, 0.05) is 10.4 Å². The summed E-state index contributed by atoms with van der Waals surface area (Å²) in [6, 6.07) is 11.3. The molecule has 0 spiro atoms. The molecule has 0 radical (unpaired) electrons. The fourth-order valence-electron chi connectivity index (χ4n) is 4.44. The number of hydrogen-bond donors (Lipinski definition) is 4. The van der Waals surface area contributed by atoms with Crippen LogP contribution in [0.4, 0.5) is 4.39 Å². The summed E-state index contributed by atoms with van der Waals surface area (Å²) in [5.41, 5.74) is -0.0330. The summed E-state index contributed by atoms with van der Waals surface area (Å²) >= 11 is 6.35. The lowest BCUT2D eigenvalue weighted by atomic mass is 9.64. The lowest BCUT2D eigenvalue weighted by Crippen LogP contribution is -2.60. The maximum absolute atomic E-state index is 13.2. The first-order valence-electron chi connectivity index (χ1n) is 9.14. The van der Waals surface area contributed by atoms with Gasteiger partial charge < -0.3 is 25.2 Å². The SMILES string of the molecule is OC[C@]12CO[C@](c3ccc(Cl)c(Cc4ccc(F)cc4)c3)(C1)[C@H](O)[C@@H](O)[C@H]2O. The normalized spacial score (nSPS) is 34.6. The number of hydrogen-bond acceptors (Lipinski definition) is 5. The number of benzene rings is 2. The van der Waals surface area contributed by atoms with Gasteiger partial charge in [-0.3, -0.25) is 0 Å². The van der Waals surface area contributed by atoms with E-state index in [0.717, 1.165) is 11.1 Å². The first-order valence-corrected chi connectivity index (χ1v) is 9.51. The highest BCUT2D eigenvalue weighted by molar-refractivity contribution is 6.31. The Morgan fingerprint density at radius 2 is 1.79 bits per heavy atom. The standard InChI is InChI=1S/C21H22ClFO5/c22-16-6-3-14(8-13(16)7-12-1-4-15(23)5-2-12)21-9-20(10-24,11-28-21)18(26)17(25)19(21)27/h1-6,8,17-19,24-27H,7,9-11H2/t17-,18+,19+,20-,21-/m0/s1. The van der Waals surface area contributed by atoms with Crippen molar-refractivity contribution < 1.29 is 29.6 Å². The first-order chi connectivity index (χ1) is 13.3. The molecule has 28 heavy (non-hydrogen) atoms. The van der Waals surface area contributed by atoms with Crippen LogP contribution in [-0.4, -0.2) is 52.0 Å². The molecule has 4 rings (SSSR count). The second kappa shape index (κ2) is 7.06. The van der Waals surface area contributed by atoms with Gasteiger partial charge in [-0.15, -0.1) is 0 Å². The quantitative estimate of drug-likeness (QED) is 0.619. The van der Waals surface area contributed by atoms with E-state index in [1.165, 1.54) is 12.1 Å². The summed E-state index contributed by atoms with van der Waals surface area (Å²) in [5, 5.41) is 41.8. The van der Waals surface area contributed by atoms with Crippen LogP contribution in [0.2, 0.25) is 5.02 Å². The third kappa shape index (κ3) is 2.96. The van der Waals surface area contributed by atoms with Crippen molar-refractivity contribution in [1.82, 2.24) is 0 Å². The zero-order chi connectivity index (χ0) is 20.1. The van der Waals surface area contributed by atoms with E-state index in [-0.39, 0.29) is 25.5 Å². The van der Waals surface area contributed by atoms with Crippen molar-refractivity contribution in [2.75, 3.05) is 13.2 Å². The molecule has 1 saturated heterocycles. The van der Waals surface area contributed by atoms with Gasteiger partial charge in [-0.25, -0.2) is 4.39 Å². The second-order valence-electron chi connectivity index (χ2n) is 7.87. The Morgan fingerprint density at radius 1 is 1.07 bits per heavy atom. The minimum absolute atomic E-state index is 0.0225. The Labute approximate surface area is 167 Å². The molecule has 2 aromatic carbocycles. The molecule has 1 aliphatic carbocycles. The molecule has 1 aliphatic heterocycles. The van der Waals surface area contributed by atoms with E-state index in [1.54, 1.807) is 30.3 Å². The average molecular weight is 409 g/mol. The van der Waals surface area contributed by atoms with Gasteiger partial charge in [-0.05, 0) is 47.7 Å². The van der Waals surface area contributed by atoms with Crippen LogP contribution < -0.4 is 0 Å². The van der Waals surface area contributed by atoms with Crippen molar-refractivity contribution in [2.24, 2.45) is 5.41 Å². The summed E-state index contributed by atoms with van der Waals surface area (Å²) in [4.78, 5) is 0. The summed E-state index contributed by atoms with van der Waals surface area (Å²) < 4.78 is 19.1. The van der Waals surface area contributed by atoms with Crippen molar-refractivity contribution in [2.45, 2.75) is 36.8 Å². The number of aliphatic hydroxyl groups excluding tert-OH is 4. The number of rotatable bonds is 4. The summed E-state index contributed by atoms with van der Waals surface area (Å²) in [5.74, 6) is -0.319. The lowest BCUT2D eigenvalue weighted by Gasteiger charge is -2.46. The van der Waals surface area contributed by atoms with Crippen LogP contribution in [0.3, 0.4) is 0 Å². The van der Waals surface area contributed by atoms with Gasteiger partial charge >= 0.3 is 0 Å². The van der Waals surface area contributed by atoms with E-state index < -0.39 is 29.3 Å². The zero-order valence-electron chi connectivity index (χ0n) is 15.1. The van der Waals surface area contributed by atoms with Gasteiger partial charge in [0.2, 0.25) is 0 Å². The maximum atomic E-state index is 13.2. The number of fused-ring (bicyclic) bond motifs is 2. The maximum Gasteiger partial charge on any atom is 0.123 e. The molecule has 7 heteroatoms. The topological polar surface area (TPSA) is 90.2 Å². The third-order valence-electron chi connectivity index (χ3n) is 6.14. The lowest BCUT2D eigenvalue weighted by molar-refractivity contribution is -0.188. The van der Waals surface area contributed by atoms with Gasteiger partial charge in [0.25, 0.3) is 0 Å². The molecular formula is C21H22ClFO5. The molecule has 5 atom stereocenters. The number of ether oxygens (including phenoxy) is 1. The molecule has 150 valence electrons. The van der Waals surface area contributed by atoms with E-state index >= 15 is 0 Å². The van der Waals surface area contributed by atoms with Crippen molar-refractivity contribution >= 4 is 11.6 Å². The first kappa shape index (κ1) is 19.8. The van der Waals surface area contributed by atoms with Gasteiger partial charge in [0.1, 0.15) is 23.6 Å². The van der Waals surface area contributed by atoms with E-state index in [4.69, 9.17) is 16.3 Å². The van der Waals surface area contributed by atoms with E-state index in [0.29, 0.717) is 17.0 Å². The van der Waals surface area contributed by atoms with Crippen molar-refractivity contribution in [3.05, 3.63) is 70.0 Å². The van der Waals surface area contributed by atoms with Crippen LogP contribution in [-0.2, 0) is 16.8 Å². The molecule has 2 bridgehead atoms. The highest BCUT2D eigenvalue weighted by Gasteiger charge is 2.65. The van der Waals surface area contributed by atoms with Crippen LogP contribution in [0.5, 0.6) is 0 Å².